The van der Waals surface area contributed by atoms with E-state index in [0.717, 1.165) is 42.6 Å². The maximum atomic E-state index is 12.9. The van der Waals surface area contributed by atoms with Crippen LogP contribution in [0.4, 0.5) is 21.5 Å². The highest BCUT2D eigenvalue weighted by Crippen LogP contribution is 2.18. The Balaban J connectivity index is 1.43. The van der Waals surface area contributed by atoms with Crippen LogP contribution in [0.15, 0.2) is 48.5 Å². The fourth-order valence-corrected chi connectivity index (χ4v) is 3.13. The molecular formula is C21H26FN4O3+. The lowest BCUT2D eigenvalue weighted by Gasteiger charge is -2.28. The van der Waals surface area contributed by atoms with E-state index in [9.17, 15) is 14.0 Å². The number of quaternary nitrogens is 1. The van der Waals surface area contributed by atoms with Crippen molar-refractivity contribution in [3.63, 3.8) is 0 Å². The van der Waals surface area contributed by atoms with Crippen LogP contribution in [-0.4, -0.2) is 58.3 Å². The molecule has 2 amide bonds. The molecule has 1 unspecified atom stereocenters. The van der Waals surface area contributed by atoms with E-state index in [1.165, 1.54) is 24.3 Å². The minimum absolute atomic E-state index is 0.126. The second kappa shape index (κ2) is 9.99. The molecule has 0 aliphatic carbocycles. The molecule has 7 nitrogen and oxygen atoms in total. The van der Waals surface area contributed by atoms with Gasteiger partial charge in [-0.05, 0) is 48.5 Å². The second-order valence-electron chi connectivity index (χ2n) is 7.06. The van der Waals surface area contributed by atoms with Gasteiger partial charge in [0.05, 0.1) is 20.3 Å². The Morgan fingerprint density at radius 2 is 1.41 bits per heavy atom. The van der Waals surface area contributed by atoms with Gasteiger partial charge < -0.3 is 25.2 Å². The number of amides is 2. The summed E-state index contributed by atoms with van der Waals surface area (Å²) < 4.78 is 18.3. The summed E-state index contributed by atoms with van der Waals surface area (Å²) in [5.41, 5.74) is 2.34. The highest BCUT2D eigenvalue weighted by molar-refractivity contribution is 5.93. The lowest BCUT2D eigenvalue weighted by molar-refractivity contribution is -0.862. The Morgan fingerprint density at radius 1 is 0.931 bits per heavy atom. The standard InChI is InChI=1S/C21H25FN4O3/c1-25(14-20(27)23-17-4-2-16(22)3-5-17)15-21(28)24-18-6-8-19(9-7-18)26-10-12-29-13-11-26/h2-9H,10-15H2,1H3,(H,23,27)(H,24,28)/p+1. The number of halogens is 1. The van der Waals surface area contributed by atoms with Crippen molar-refractivity contribution in [3.05, 3.63) is 54.3 Å². The molecule has 0 bridgehead atoms. The molecular weight excluding hydrogens is 375 g/mol. The average molecular weight is 401 g/mol. The number of likely N-dealkylation sites (N-methyl/N-ethyl adjacent to an activating group) is 1. The monoisotopic (exact) mass is 401 g/mol. The third-order valence-electron chi connectivity index (χ3n) is 4.58. The third-order valence-corrected chi connectivity index (χ3v) is 4.58. The highest BCUT2D eigenvalue weighted by atomic mass is 19.1. The van der Waals surface area contributed by atoms with Gasteiger partial charge >= 0.3 is 0 Å². The van der Waals surface area contributed by atoms with Gasteiger partial charge in [0.1, 0.15) is 5.82 Å². The number of anilines is 3. The predicted molar refractivity (Wildman–Crippen MR) is 110 cm³/mol. The smallest absolute Gasteiger partial charge is 0.279 e. The quantitative estimate of drug-likeness (QED) is 0.640. The SMILES string of the molecule is C[NH+](CC(=O)Nc1ccc(F)cc1)CC(=O)Nc1ccc(N2CCOCC2)cc1. The first-order valence-corrected chi connectivity index (χ1v) is 9.59. The van der Waals surface area contributed by atoms with Gasteiger partial charge in [0.2, 0.25) is 0 Å². The van der Waals surface area contributed by atoms with Crippen LogP contribution in [0.1, 0.15) is 0 Å². The number of ether oxygens (including phenoxy) is 1. The molecule has 8 heteroatoms. The van der Waals surface area contributed by atoms with Crippen molar-refractivity contribution < 1.29 is 23.6 Å². The zero-order chi connectivity index (χ0) is 20.6. The van der Waals surface area contributed by atoms with Crippen LogP contribution in [0.5, 0.6) is 0 Å². The molecule has 3 N–H and O–H groups in total. The second-order valence-corrected chi connectivity index (χ2v) is 7.06. The van der Waals surface area contributed by atoms with Crippen LogP contribution >= 0.6 is 0 Å². The zero-order valence-electron chi connectivity index (χ0n) is 16.4. The van der Waals surface area contributed by atoms with Crippen molar-refractivity contribution in [2.45, 2.75) is 0 Å². The van der Waals surface area contributed by atoms with E-state index in [-0.39, 0.29) is 30.7 Å². The van der Waals surface area contributed by atoms with Crippen molar-refractivity contribution in [3.8, 4) is 0 Å². The topological polar surface area (TPSA) is 75.1 Å². The van der Waals surface area contributed by atoms with E-state index < -0.39 is 0 Å². The molecule has 2 aromatic carbocycles. The molecule has 1 heterocycles. The first kappa shape index (κ1) is 20.8. The van der Waals surface area contributed by atoms with Gasteiger partial charge in [0, 0.05) is 30.2 Å². The van der Waals surface area contributed by atoms with Crippen molar-refractivity contribution in [2.24, 2.45) is 0 Å². The number of carbonyl (C=O) groups is 2. The zero-order valence-corrected chi connectivity index (χ0v) is 16.4. The summed E-state index contributed by atoms with van der Waals surface area (Å²) in [6, 6.07) is 13.3. The van der Waals surface area contributed by atoms with Crippen LogP contribution in [0.2, 0.25) is 0 Å². The lowest BCUT2D eigenvalue weighted by Crippen LogP contribution is -3.11. The number of carbonyl (C=O) groups excluding carboxylic acids is 2. The molecule has 1 aliphatic heterocycles. The molecule has 1 fully saturated rings. The first-order chi connectivity index (χ1) is 14.0. The van der Waals surface area contributed by atoms with E-state index in [2.05, 4.69) is 15.5 Å². The molecule has 3 rings (SSSR count). The minimum Gasteiger partial charge on any atom is -0.378 e. The molecule has 0 radical (unpaired) electrons. The maximum Gasteiger partial charge on any atom is 0.279 e. The fraction of sp³-hybridized carbons (Fsp3) is 0.333. The normalized spacial score (nSPS) is 14.9. The lowest BCUT2D eigenvalue weighted by atomic mass is 10.2. The summed E-state index contributed by atoms with van der Waals surface area (Å²) >= 11 is 0. The first-order valence-electron chi connectivity index (χ1n) is 9.59. The fourth-order valence-electron chi connectivity index (χ4n) is 3.13. The van der Waals surface area contributed by atoms with Crippen LogP contribution in [0.25, 0.3) is 0 Å². The van der Waals surface area contributed by atoms with Gasteiger partial charge in [-0.2, -0.15) is 0 Å². The Morgan fingerprint density at radius 3 is 1.93 bits per heavy atom. The number of morpholine rings is 1. The number of benzene rings is 2. The Hall–Kier alpha value is -2.97. The molecule has 0 spiro atoms. The summed E-state index contributed by atoms with van der Waals surface area (Å²) in [7, 11) is 1.77. The molecule has 29 heavy (non-hydrogen) atoms. The van der Waals surface area contributed by atoms with Crippen molar-refractivity contribution >= 4 is 28.9 Å². The summed E-state index contributed by atoms with van der Waals surface area (Å²) in [5.74, 6) is -0.770. The summed E-state index contributed by atoms with van der Waals surface area (Å²) in [4.78, 5) is 27.3. The van der Waals surface area contributed by atoms with E-state index in [1.54, 1.807) is 7.05 Å². The van der Waals surface area contributed by atoms with Gasteiger partial charge in [-0.15, -0.1) is 0 Å². The van der Waals surface area contributed by atoms with Gasteiger partial charge in [-0.25, -0.2) is 4.39 Å². The highest BCUT2D eigenvalue weighted by Gasteiger charge is 2.15. The van der Waals surface area contributed by atoms with E-state index >= 15 is 0 Å². The van der Waals surface area contributed by atoms with E-state index in [0.29, 0.717) is 5.69 Å². The maximum absolute atomic E-state index is 12.9. The molecule has 1 aliphatic rings. The van der Waals surface area contributed by atoms with Gasteiger partial charge in [-0.3, -0.25) is 9.59 Å². The van der Waals surface area contributed by atoms with Crippen molar-refractivity contribution in [1.29, 1.82) is 0 Å². The molecule has 1 saturated heterocycles. The summed E-state index contributed by atoms with van der Waals surface area (Å²) in [6.07, 6.45) is 0. The molecule has 2 aromatic rings. The van der Waals surface area contributed by atoms with Crippen LogP contribution in [0.3, 0.4) is 0 Å². The third kappa shape index (κ3) is 6.55. The van der Waals surface area contributed by atoms with Crippen molar-refractivity contribution in [1.82, 2.24) is 0 Å². The summed E-state index contributed by atoms with van der Waals surface area (Å²) in [6.45, 7) is 3.45. The number of nitrogens with zero attached hydrogens (tertiary/aromatic N) is 1. The Labute approximate surface area is 169 Å². The number of rotatable bonds is 7. The van der Waals surface area contributed by atoms with E-state index in [1.807, 2.05) is 24.3 Å². The molecule has 154 valence electrons. The number of hydrogen-bond acceptors (Lipinski definition) is 4. The Kier molecular flexibility index (Phi) is 7.15. The van der Waals surface area contributed by atoms with Gasteiger partial charge in [0.15, 0.2) is 13.1 Å². The number of nitrogens with one attached hydrogen (secondary N) is 3. The average Bonchev–Trinajstić information content (AvgIpc) is 2.70. The summed E-state index contributed by atoms with van der Waals surface area (Å²) in [5, 5.41) is 5.54. The van der Waals surface area contributed by atoms with Crippen LogP contribution in [-0.2, 0) is 14.3 Å². The van der Waals surface area contributed by atoms with Gasteiger partial charge in [-0.1, -0.05) is 0 Å². The molecule has 1 atom stereocenters. The van der Waals surface area contributed by atoms with Gasteiger partial charge in [0.25, 0.3) is 11.8 Å². The van der Waals surface area contributed by atoms with E-state index in [4.69, 9.17) is 4.74 Å². The largest absolute Gasteiger partial charge is 0.378 e. The molecule has 0 saturated carbocycles. The predicted octanol–water partition coefficient (Wildman–Crippen LogP) is 0.754. The Bertz CT molecular complexity index is 821. The minimum atomic E-state index is -0.361. The van der Waals surface area contributed by atoms with Crippen LogP contribution < -0.4 is 20.4 Å². The van der Waals surface area contributed by atoms with Crippen LogP contribution in [0, 0.1) is 5.82 Å². The van der Waals surface area contributed by atoms with Crippen molar-refractivity contribution in [2.75, 3.05) is 62.0 Å². The number of hydrogen-bond donors (Lipinski definition) is 3. The molecule has 0 aromatic heterocycles.